The van der Waals surface area contributed by atoms with Gasteiger partial charge in [-0.25, -0.2) is 31.1 Å². The Morgan fingerprint density at radius 1 is 0.848 bits per heavy atom. The lowest BCUT2D eigenvalue weighted by molar-refractivity contribution is -0.150. The molecule has 0 aliphatic rings. The molecule has 0 heterocycles. The van der Waals surface area contributed by atoms with E-state index < -0.39 is 53.1 Å². The van der Waals surface area contributed by atoms with Crippen LogP contribution in [0.5, 0.6) is 0 Å². The maximum absolute atomic E-state index is 12.9. The lowest BCUT2D eigenvalue weighted by atomic mass is 10.1. The highest BCUT2D eigenvalue weighted by molar-refractivity contribution is 6.18. The summed E-state index contributed by atoms with van der Waals surface area (Å²) in [7, 11) is 0. The van der Waals surface area contributed by atoms with Gasteiger partial charge in [-0.2, -0.15) is 5.26 Å². The third-order valence-corrected chi connectivity index (χ3v) is 3.99. The number of carbonyl (C=O) groups is 1. The number of nitrogens with zero attached hydrogens (tertiary/aromatic N) is 1. The molecule has 0 aliphatic carbocycles. The molecular weight excluding hydrogens is 503 g/mol. The summed E-state index contributed by atoms with van der Waals surface area (Å²) in [5, 5.41) is 17.5. The number of aliphatic carboxylic acids is 1. The number of carboxylic acids is 1. The smallest absolute Gasteiger partial charge is 0.337 e. The average Bonchev–Trinajstić information content (AvgIpc) is 2.76. The Kier molecular flexibility index (Phi) is 12.0. The first-order chi connectivity index (χ1) is 15.6. The minimum atomic E-state index is -1.66. The minimum absolute atomic E-state index is 0.0237. The van der Waals surface area contributed by atoms with Gasteiger partial charge in [-0.15, -0.1) is 23.2 Å². The summed E-state index contributed by atoms with van der Waals surface area (Å²) in [6.07, 6.45) is -2.75. The predicted octanol–water partition coefficient (Wildman–Crippen LogP) is 5.41. The van der Waals surface area contributed by atoms with Crippen molar-refractivity contribution < 1.29 is 45.7 Å². The van der Waals surface area contributed by atoms with Crippen molar-refractivity contribution in [2.24, 2.45) is 0 Å². The van der Waals surface area contributed by atoms with E-state index in [1.54, 1.807) is 6.07 Å². The molecule has 2 aromatic rings. The molecule has 33 heavy (non-hydrogen) atoms. The van der Waals surface area contributed by atoms with E-state index in [-0.39, 0.29) is 36.1 Å². The van der Waals surface area contributed by atoms with Crippen LogP contribution in [0.2, 0.25) is 0 Å². The quantitative estimate of drug-likeness (QED) is 0.273. The molecule has 2 aromatic carbocycles. The first-order valence-corrected chi connectivity index (χ1v) is 9.90. The molecule has 1 N–H and O–H groups in total. The first kappa shape index (κ1) is 28.5. The molecule has 2 atom stereocenters. The second-order valence-corrected chi connectivity index (χ2v) is 6.70. The zero-order chi connectivity index (χ0) is 25.1. The molecular formula is C20H15Cl2F6NO4. The average molecular weight is 518 g/mol. The van der Waals surface area contributed by atoms with E-state index in [2.05, 4.69) is 0 Å². The summed E-state index contributed by atoms with van der Waals surface area (Å²) in [5.41, 5.74) is -0.400. The molecule has 0 bridgehead atoms. The minimum Gasteiger partial charge on any atom is -0.479 e. The van der Waals surface area contributed by atoms with Crippen molar-refractivity contribution >= 4 is 29.2 Å². The zero-order valence-corrected chi connectivity index (χ0v) is 17.9. The lowest BCUT2D eigenvalue weighted by Crippen LogP contribution is -2.17. The van der Waals surface area contributed by atoms with E-state index in [4.69, 9.17) is 43.0 Å². The Morgan fingerprint density at radius 2 is 1.24 bits per heavy atom. The number of benzene rings is 2. The molecule has 2 rings (SSSR count). The number of carboxylic acid groups (broad SMARTS) is 1. The topological polar surface area (TPSA) is 79.5 Å². The van der Waals surface area contributed by atoms with Gasteiger partial charge in [-0.3, -0.25) is 0 Å². The van der Waals surface area contributed by atoms with Crippen molar-refractivity contribution in [1.82, 2.24) is 0 Å². The lowest BCUT2D eigenvalue weighted by Gasteiger charge is -2.13. The summed E-state index contributed by atoms with van der Waals surface area (Å²) in [4.78, 5) is 10.8. The molecule has 0 saturated carbocycles. The van der Waals surface area contributed by atoms with Gasteiger partial charge >= 0.3 is 5.97 Å². The van der Waals surface area contributed by atoms with Crippen molar-refractivity contribution in [3.8, 4) is 6.07 Å². The van der Waals surface area contributed by atoms with Gasteiger partial charge in [0.25, 0.3) is 0 Å². The second kappa shape index (κ2) is 13.9. The Balaban J connectivity index is 0.000000331. The van der Waals surface area contributed by atoms with E-state index >= 15 is 0 Å². The fourth-order valence-electron chi connectivity index (χ4n) is 2.30. The van der Waals surface area contributed by atoms with Gasteiger partial charge in [0.2, 0.25) is 0 Å². The summed E-state index contributed by atoms with van der Waals surface area (Å²) in [6.45, 7) is -0.0560. The highest BCUT2D eigenvalue weighted by Crippen LogP contribution is 2.23. The molecule has 2 unspecified atom stereocenters. The van der Waals surface area contributed by atoms with Gasteiger partial charge in [-0.1, -0.05) is 0 Å². The number of ether oxygens (including phenoxy) is 2. The van der Waals surface area contributed by atoms with Crippen LogP contribution in [0.25, 0.3) is 0 Å². The second-order valence-electron chi connectivity index (χ2n) is 5.94. The maximum Gasteiger partial charge on any atom is 0.337 e. The normalized spacial score (nSPS) is 12.3. The van der Waals surface area contributed by atoms with Crippen LogP contribution in [0.3, 0.4) is 0 Å². The summed E-state index contributed by atoms with van der Waals surface area (Å²) in [5.74, 6) is -10.2. The zero-order valence-electron chi connectivity index (χ0n) is 16.4. The fourth-order valence-corrected chi connectivity index (χ4v) is 2.47. The molecule has 0 spiro atoms. The van der Waals surface area contributed by atoms with Crippen LogP contribution in [0.15, 0.2) is 24.3 Å². The van der Waals surface area contributed by atoms with Crippen LogP contribution in [0.4, 0.5) is 26.3 Å². The van der Waals surface area contributed by atoms with Gasteiger partial charge in [-0.05, 0) is 29.8 Å². The third-order valence-electron chi connectivity index (χ3n) is 3.68. The number of halogens is 8. The van der Waals surface area contributed by atoms with Crippen molar-refractivity contribution in [2.75, 3.05) is 25.0 Å². The number of alkyl halides is 2. The van der Waals surface area contributed by atoms with Crippen molar-refractivity contribution in [3.05, 3.63) is 70.3 Å². The van der Waals surface area contributed by atoms with Gasteiger partial charge < -0.3 is 14.6 Å². The number of rotatable bonds is 9. The Morgan fingerprint density at radius 3 is 1.61 bits per heavy atom. The SMILES string of the molecule is N#CC(OCCCl)c1cc(F)c(F)c(F)c1.O=C(O)C(OCCCl)c1cc(F)c(F)c(F)c1. The Hall–Kier alpha value is -2.52. The van der Waals surface area contributed by atoms with E-state index in [0.29, 0.717) is 12.1 Å². The largest absolute Gasteiger partial charge is 0.479 e. The number of nitriles is 1. The van der Waals surface area contributed by atoms with E-state index in [9.17, 15) is 31.1 Å². The highest BCUT2D eigenvalue weighted by Gasteiger charge is 2.24. The van der Waals surface area contributed by atoms with Gasteiger partial charge in [0.05, 0.1) is 19.3 Å². The molecule has 13 heteroatoms. The molecule has 0 amide bonds. The van der Waals surface area contributed by atoms with Crippen LogP contribution in [-0.2, 0) is 14.3 Å². The van der Waals surface area contributed by atoms with Gasteiger partial charge in [0.1, 0.15) is 0 Å². The first-order valence-electron chi connectivity index (χ1n) is 8.83. The molecule has 5 nitrogen and oxygen atoms in total. The van der Waals surface area contributed by atoms with Gasteiger partial charge in [0.15, 0.2) is 47.1 Å². The predicted molar refractivity (Wildman–Crippen MR) is 105 cm³/mol. The molecule has 0 fully saturated rings. The molecule has 0 aromatic heterocycles. The van der Waals surface area contributed by atoms with E-state index in [0.717, 1.165) is 12.1 Å². The van der Waals surface area contributed by atoms with Crippen LogP contribution in [0, 0.1) is 46.2 Å². The van der Waals surface area contributed by atoms with Crippen LogP contribution in [-0.4, -0.2) is 36.0 Å². The Labute approximate surface area is 194 Å². The standard InChI is InChI=1S/C10H7ClF3NO.C10H8ClF3O3/c11-1-2-16-9(5-15)6-3-7(12)10(14)8(13)4-6;11-1-2-17-9(10(15)16)5-3-6(12)8(14)7(13)4-5/h3-4,9H,1-2H2;3-4,9H,1-2H2,(H,15,16). The van der Waals surface area contributed by atoms with Crippen LogP contribution >= 0.6 is 23.2 Å². The molecule has 0 radical (unpaired) electrons. The van der Waals surface area contributed by atoms with Gasteiger partial charge in [0, 0.05) is 17.3 Å². The monoisotopic (exact) mass is 517 g/mol. The van der Waals surface area contributed by atoms with Crippen molar-refractivity contribution in [2.45, 2.75) is 12.2 Å². The van der Waals surface area contributed by atoms with E-state index in [1.165, 1.54) is 0 Å². The molecule has 0 saturated heterocycles. The third kappa shape index (κ3) is 8.40. The summed E-state index contributed by atoms with van der Waals surface area (Å²) < 4.78 is 86.5. The van der Waals surface area contributed by atoms with Crippen molar-refractivity contribution in [1.29, 1.82) is 5.26 Å². The fraction of sp³-hybridized carbons (Fsp3) is 0.300. The van der Waals surface area contributed by atoms with Crippen LogP contribution in [0.1, 0.15) is 23.3 Å². The summed E-state index contributed by atoms with van der Waals surface area (Å²) >= 11 is 10.6. The number of hydrogen-bond acceptors (Lipinski definition) is 4. The molecule has 0 aliphatic heterocycles. The number of hydrogen-bond donors (Lipinski definition) is 1. The molecule has 180 valence electrons. The highest BCUT2D eigenvalue weighted by atomic mass is 35.5. The summed E-state index contributed by atoms with van der Waals surface area (Å²) in [6, 6.07) is 4.29. The maximum atomic E-state index is 12.9. The Bertz CT molecular complexity index is 959. The van der Waals surface area contributed by atoms with Crippen molar-refractivity contribution in [3.63, 3.8) is 0 Å². The van der Waals surface area contributed by atoms with E-state index in [1.807, 2.05) is 0 Å². The van der Waals surface area contributed by atoms with Crippen LogP contribution < -0.4 is 0 Å².